The number of carboxylic acids is 1. The minimum Gasteiger partial charge on any atom is -0.478 e. The molecule has 0 fully saturated rings. The Morgan fingerprint density at radius 3 is 2.27 bits per heavy atom. The maximum absolute atomic E-state index is 12.1. The van der Waals surface area contributed by atoms with Gasteiger partial charge in [-0.2, -0.15) is 0 Å². The lowest BCUT2D eigenvalue weighted by Gasteiger charge is -2.09. The fraction of sp³-hybridized carbons (Fsp3) is 0.250. The molecule has 0 saturated carbocycles. The lowest BCUT2D eigenvalue weighted by Crippen LogP contribution is -2.15. The number of nitrogens with zero attached hydrogens (tertiary/aromatic N) is 2. The number of hydrogen-bond donors (Lipinski definition) is 2. The second-order valence-electron chi connectivity index (χ2n) is 5.59. The standard InChI is InChI=1S/C16H17N3O5S2/c1-9-4-10(2)18-16(17-9)25-8-14(20)19-12-5-11(15(21)22)6-13(7-12)26(3,23)24/h4-7H,8H2,1-3H3,(H,19,20)(H,21,22). The minimum atomic E-state index is -3.62. The molecule has 0 aliphatic heterocycles. The van der Waals surface area contributed by atoms with Gasteiger partial charge in [-0.3, -0.25) is 4.79 Å². The number of sulfone groups is 1. The molecular weight excluding hydrogens is 378 g/mol. The van der Waals surface area contributed by atoms with Gasteiger partial charge in [0.1, 0.15) is 0 Å². The van der Waals surface area contributed by atoms with Crippen molar-refractivity contribution in [1.82, 2.24) is 9.97 Å². The number of thioether (sulfide) groups is 1. The molecule has 0 atom stereocenters. The number of nitrogens with one attached hydrogen (secondary N) is 1. The van der Waals surface area contributed by atoms with Crippen molar-refractivity contribution in [2.24, 2.45) is 0 Å². The van der Waals surface area contributed by atoms with E-state index in [1.807, 2.05) is 19.9 Å². The number of rotatable bonds is 6. The predicted molar refractivity (Wildman–Crippen MR) is 97.4 cm³/mol. The lowest BCUT2D eigenvalue weighted by atomic mass is 10.2. The number of anilines is 1. The Morgan fingerprint density at radius 2 is 1.73 bits per heavy atom. The van der Waals surface area contributed by atoms with Crippen LogP contribution in [0.25, 0.3) is 0 Å². The number of carbonyl (C=O) groups excluding carboxylic acids is 1. The van der Waals surface area contributed by atoms with Crippen LogP contribution in [-0.2, 0) is 14.6 Å². The van der Waals surface area contributed by atoms with Crippen molar-refractivity contribution in [2.75, 3.05) is 17.3 Å². The van der Waals surface area contributed by atoms with Crippen molar-refractivity contribution in [3.8, 4) is 0 Å². The number of hydrogen-bond acceptors (Lipinski definition) is 7. The second-order valence-corrected chi connectivity index (χ2v) is 8.55. The Kier molecular flexibility index (Phi) is 5.98. The summed E-state index contributed by atoms with van der Waals surface area (Å²) in [6.45, 7) is 3.64. The molecule has 1 aromatic heterocycles. The highest BCUT2D eigenvalue weighted by Crippen LogP contribution is 2.20. The van der Waals surface area contributed by atoms with Gasteiger partial charge >= 0.3 is 5.97 Å². The zero-order valence-corrected chi connectivity index (χ0v) is 15.9. The number of benzene rings is 1. The van der Waals surface area contributed by atoms with Gasteiger partial charge in [-0.25, -0.2) is 23.2 Å². The molecule has 0 spiro atoms. The summed E-state index contributed by atoms with van der Waals surface area (Å²) >= 11 is 1.13. The van der Waals surface area contributed by atoms with Gasteiger partial charge in [-0.1, -0.05) is 11.8 Å². The first-order chi connectivity index (χ1) is 12.0. The van der Waals surface area contributed by atoms with Crippen molar-refractivity contribution in [2.45, 2.75) is 23.9 Å². The van der Waals surface area contributed by atoms with Gasteiger partial charge in [0.15, 0.2) is 15.0 Å². The van der Waals surface area contributed by atoms with Crippen LogP contribution < -0.4 is 5.32 Å². The van der Waals surface area contributed by atoms with Crippen molar-refractivity contribution in [1.29, 1.82) is 0 Å². The molecule has 0 bridgehead atoms. The summed E-state index contributed by atoms with van der Waals surface area (Å²) in [4.78, 5) is 31.5. The summed E-state index contributed by atoms with van der Waals surface area (Å²) in [6, 6.07) is 5.28. The highest BCUT2D eigenvalue weighted by atomic mass is 32.2. The quantitative estimate of drug-likeness (QED) is 0.561. The third kappa shape index (κ3) is 5.53. The smallest absolute Gasteiger partial charge is 0.335 e. The maximum Gasteiger partial charge on any atom is 0.335 e. The molecule has 0 aliphatic rings. The number of amides is 1. The van der Waals surface area contributed by atoms with Crippen LogP contribution in [0.5, 0.6) is 0 Å². The molecule has 0 aliphatic carbocycles. The molecule has 1 heterocycles. The number of aryl methyl sites for hydroxylation is 2. The van der Waals surface area contributed by atoms with Crippen molar-refractivity contribution in [3.63, 3.8) is 0 Å². The molecule has 8 nitrogen and oxygen atoms in total. The van der Waals surface area contributed by atoms with Crippen LogP contribution >= 0.6 is 11.8 Å². The summed E-state index contributed by atoms with van der Waals surface area (Å²) < 4.78 is 23.4. The number of carboxylic acid groups (broad SMARTS) is 1. The molecule has 1 aromatic carbocycles. The third-order valence-corrected chi connectivity index (χ3v) is 5.10. The Morgan fingerprint density at radius 1 is 1.12 bits per heavy atom. The van der Waals surface area contributed by atoms with E-state index in [0.29, 0.717) is 5.16 Å². The Hall–Kier alpha value is -2.46. The van der Waals surface area contributed by atoms with Crippen LogP contribution in [0.2, 0.25) is 0 Å². The molecule has 2 N–H and O–H groups in total. The van der Waals surface area contributed by atoms with E-state index in [-0.39, 0.29) is 21.9 Å². The first kappa shape index (κ1) is 19.9. The Balaban J connectivity index is 2.15. The molecule has 2 aromatic rings. The molecule has 0 radical (unpaired) electrons. The summed E-state index contributed by atoms with van der Waals surface area (Å²) in [5.41, 5.74) is 1.44. The largest absolute Gasteiger partial charge is 0.478 e. The molecule has 138 valence electrons. The first-order valence-corrected chi connectivity index (χ1v) is 10.3. The van der Waals surface area contributed by atoms with Crippen LogP contribution in [-0.4, -0.2) is 47.4 Å². The molecule has 0 unspecified atom stereocenters. The highest BCUT2D eigenvalue weighted by Gasteiger charge is 2.15. The lowest BCUT2D eigenvalue weighted by molar-refractivity contribution is -0.113. The fourth-order valence-corrected chi connectivity index (χ4v) is 3.53. The molecule has 26 heavy (non-hydrogen) atoms. The Labute approximate surface area is 155 Å². The monoisotopic (exact) mass is 395 g/mol. The second kappa shape index (κ2) is 7.83. The molecule has 1 amide bonds. The fourth-order valence-electron chi connectivity index (χ4n) is 2.09. The SMILES string of the molecule is Cc1cc(C)nc(SCC(=O)Nc2cc(C(=O)O)cc(S(C)(=O)=O)c2)n1. The van der Waals surface area contributed by atoms with Gasteiger partial charge in [0.25, 0.3) is 0 Å². The van der Waals surface area contributed by atoms with Crippen LogP contribution in [0, 0.1) is 13.8 Å². The average molecular weight is 395 g/mol. The molecule has 2 rings (SSSR count). The van der Waals surface area contributed by atoms with Gasteiger partial charge in [0, 0.05) is 23.3 Å². The van der Waals surface area contributed by atoms with Gasteiger partial charge in [-0.15, -0.1) is 0 Å². The van der Waals surface area contributed by atoms with Crippen LogP contribution in [0.1, 0.15) is 21.7 Å². The zero-order chi connectivity index (χ0) is 19.5. The minimum absolute atomic E-state index is 0.00555. The normalized spacial score (nSPS) is 11.2. The van der Waals surface area contributed by atoms with Crippen LogP contribution in [0.4, 0.5) is 5.69 Å². The maximum atomic E-state index is 12.1. The van der Waals surface area contributed by atoms with E-state index < -0.39 is 21.7 Å². The summed E-state index contributed by atoms with van der Waals surface area (Å²) in [5.74, 6) is -1.72. The van der Waals surface area contributed by atoms with Gasteiger partial charge in [0.05, 0.1) is 16.2 Å². The Bertz CT molecular complexity index is 954. The summed E-state index contributed by atoms with van der Waals surface area (Å²) in [6.07, 6.45) is 0.965. The predicted octanol–water partition coefficient (Wildman–Crippen LogP) is 1.93. The molecular formula is C16H17N3O5S2. The number of aromatic nitrogens is 2. The van der Waals surface area contributed by atoms with E-state index in [0.717, 1.165) is 35.5 Å². The van der Waals surface area contributed by atoms with E-state index in [2.05, 4.69) is 15.3 Å². The number of carbonyl (C=O) groups is 2. The van der Waals surface area contributed by atoms with Gasteiger partial charge < -0.3 is 10.4 Å². The molecule has 0 saturated heterocycles. The zero-order valence-electron chi connectivity index (χ0n) is 14.3. The van der Waals surface area contributed by atoms with Gasteiger partial charge in [0.2, 0.25) is 5.91 Å². The highest BCUT2D eigenvalue weighted by molar-refractivity contribution is 7.99. The summed E-state index contributed by atoms with van der Waals surface area (Å²) in [5, 5.41) is 12.1. The molecule has 10 heteroatoms. The average Bonchev–Trinajstić information content (AvgIpc) is 2.51. The van der Waals surface area contributed by atoms with Crippen molar-refractivity contribution < 1.29 is 23.1 Å². The van der Waals surface area contributed by atoms with E-state index in [4.69, 9.17) is 5.11 Å². The van der Waals surface area contributed by atoms with Crippen molar-refractivity contribution in [3.05, 3.63) is 41.2 Å². The summed E-state index contributed by atoms with van der Waals surface area (Å²) in [7, 11) is -3.62. The van der Waals surface area contributed by atoms with Crippen LogP contribution in [0.15, 0.2) is 34.3 Å². The van der Waals surface area contributed by atoms with Crippen LogP contribution in [0.3, 0.4) is 0 Å². The van der Waals surface area contributed by atoms with Crippen molar-refractivity contribution >= 4 is 39.2 Å². The van der Waals surface area contributed by atoms with E-state index >= 15 is 0 Å². The van der Waals surface area contributed by atoms with E-state index in [1.54, 1.807) is 0 Å². The number of aromatic carboxylic acids is 1. The van der Waals surface area contributed by atoms with Gasteiger partial charge in [-0.05, 0) is 38.1 Å². The van der Waals surface area contributed by atoms with E-state index in [9.17, 15) is 18.0 Å². The third-order valence-electron chi connectivity index (χ3n) is 3.16. The van der Waals surface area contributed by atoms with E-state index in [1.165, 1.54) is 12.1 Å². The topological polar surface area (TPSA) is 126 Å². The first-order valence-electron chi connectivity index (χ1n) is 7.38.